The van der Waals surface area contributed by atoms with Gasteiger partial charge in [-0.05, 0) is 38.7 Å². The van der Waals surface area contributed by atoms with Crippen molar-refractivity contribution in [2.45, 2.75) is 70.9 Å². The predicted molar refractivity (Wildman–Crippen MR) is 89.4 cm³/mol. The molecule has 128 valence electrons. The molecule has 1 aromatic heterocycles. The molecular formula is C19H29NO3. The normalized spacial score (nSPS) is 26.0. The third-order valence-electron chi connectivity index (χ3n) is 5.76. The van der Waals surface area contributed by atoms with Crippen molar-refractivity contribution in [3.05, 3.63) is 24.2 Å². The number of hydrogen-bond donors (Lipinski definition) is 0. The maximum absolute atomic E-state index is 12.9. The molecule has 2 saturated carbocycles. The topological polar surface area (TPSA) is 42.7 Å². The molecular weight excluding hydrogens is 290 g/mol. The van der Waals surface area contributed by atoms with E-state index in [0.29, 0.717) is 17.7 Å². The van der Waals surface area contributed by atoms with Crippen LogP contribution in [0.2, 0.25) is 0 Å². The summed E-state index contributed by atoms with van der Waals surface area (Å²) in [5, 5.41) is 0. The van der Waals surface area contributed by atoms with Crippen LogP contribution in [0.5, 0.6) is 0 Å². The number of rotatable bonds is 6. The summed E-state index contributed by atoms with van der Waals surface area (Å²) in [6.45, 7) is 5.80. The van der Waals surface area contributed by atoms with Crippen LogP contribution in [0, 0.1) is 5.41 Å². The van der Waals surface area contributed by atoms with Crippen molar-refractivity contribution in [3.8, 4) is 0 Å². The van der Waals surface area contributed by atoms with E-state index in [9.17, 15) is 4.79 Å². The monoisotopic (exact) mass is 319 g/mol. The number of ether oxygens (including phenoxy) is 1. The molecule has 1 spiro atoms. The van der Waals surface area contributed by atoms with Crippen LogP contribution in [-0.2, 0) is 4.74 Å². The van der Waals surface area contributed by atoms with Gasteiger partial charge in [0.05, 0.1) is 17.9 Å². The van der Waals surface area contributed by atoms with Gasteiger partial charge < -0.3 is 14.1 Å². The summed E-state index contributed by atoms with van der Waals surface area (Å²) in [5.74, 6) is 0.116. The lowest BCUT2D eigenvalue weighted by Crippen LogP contribution is -2.66. The third-order valence-corrected chi connectivity index (χ3v) is 5.76. The first-order chi connectivity index (χ1) is 11.2. The fourth-order valence-electron chi connectivity index (χ4n) is 4.66. The van der Waals surface area contributed by atoms with Crippen molar-refractivity contribution in [3.63, 3.8) is 0 Å². The second-order valence-electron chi connectivity index (χ2n) is 7.00. The molecule has 2 fully saturated rings. The van der Waals surface area contributed by atoms with Crippen LogP contribution in [-0.4, -0.2) is 36.1 Å². The highest BCUT2D eigenvalue weighted by Crippen LogP contribution is 2.55. The average Bonchev–Trinajstić information content (AvgIpc) is 3.11. The second kappa shape index (κ2) is 7.08. The quantitative estimate of drug-likeness (QED) is 0.787. The van der Waals surface area contributed by atoms with Gasteiger partial charge in [0.15, 0.2) is 0 Å². The fraction of sp³-hybridized carbons (Fsp3) is 0.737. The summed E-state index contributed by atoms with van der Waals surface area (Å²) < 4.78 is 11.2. The Kier molecular flexibility index (Phi) is 5.10. The minimum Gasteiger partial charge on any atom is -0.472 e. The fourth-order valence-corrected chi connectivity index (χ4v) is 4.66. The Morgan fingerprint density at radius 2 is 2.13 bits per heavy atom. The van der Waals surface area contributed by atoms with Gasteiger partial charge in [-0.3, -0.25) is 4.79 Å². The number of carbonyl (C=O) groups excluding carboxylic acids is 1. The molecule has 1 amide bonds. The first kappa shape index (κ1) is 16.6. The van der Waals surface area contributed by atoms with Crippen LogP contribution in [0.15, 0.2) is 23.0 Å². The van der Waals surface area contributed by atoms with Gasteiger partial charge in [0, 0.05) is 24.6 Å². The van der Waals surface area contributed by atoms with E-state index in [0.717, 1.165) is 26.0 Å². The molecule has 3 rings (SSSR count). The van der Waals surface area contributed by atoms with Crippen LogP contribution in [0.3, 0.4) is 0 Å². The zero-order chi connectivity index (χ0) is 16.3. The summed E-state index contributed by atoms with van der Waals surface area (Å²) >= 11 is 0. The molecule has 0 saturated heterocycles. The molecule has 4 nitrogen and oxygen atoms in total. The van der Waals surface area contributed by atoms with Gasteiger partial charge in [-0.25, -0.2) is 0 Å². The van der Waals surface area contributed by atoms with E-state index in [4.69, 9.17) is 9.15 Å². The summed E-state index contributed by atoms with van der Waals surface area (Å²) in [7, 11) is 0. The minimum atomic E-state index is 0.116. The Morgan fingerprint density at radius 1 is 1.35 bits per heavy atom. The highest BCUT2D eigenvalue weighted by Gasteiger charge is 2.58. The van der Waals surface area contributed by atoms with Crippen molar-refractivity contribution in [2.24, 2.45) is 5.41 Å². The van der Waals surface area contributed by atoms with E-state index in [2.05, 4.69) is 18.7 Å². The second-order valence-corrected chi connectivity index (χ2v) is 7.00. The Hall–Kier alpha value is -1.29. The Morgan fingerprint density at radius 3 is 2.74 bits per heavy atom. The Balaban J connectivity index is 1.82. The summed E-state index contributed by atoms with van der Waals surface area (Å²) in [6, 6.07) is 2.10. The molecule has 0 unspecified atom stereocenters. The van der Waals surface area contributed by atoms with Crippen molar-refractivity contribution in [2.75, 3.05) is 13.2 Å². The van der Waals surface area contributed by atoms with Crippen LogP contribution in [0.4, 0.5) is 0 Å². The van der Waals surface area contributed by atoms with Crippen molar-refractivity contribution >= 4 is 5.91 Å². The van der Waals surface area contributed by atoms with Crippen molar-refractivity contribution < 1.29 is 13.9 Å². The van der Waals surface area contributed by atoms with Gasteiger partial charge in [0.1, 0.15) is 6.26 Å². The molecule has 0 aromatic carbocycles. The first-order valence-electron chi connectivity index (χ1n) is 9.17. The summed E-state index contributed by atoms with van der Waals surface area (Å²) in [6.07, 6.45) is 11.7. The van der Waals surface area contributed by atoms with Gasteiger partial charge >= 0.3 is 0 Å². The molecule has 0 radical (unpaired) electrons. The minimum absolute atomic E-state index is 0.116. The highest BCUT2D eigenvalue weighted by molar-refractivity contribution is 5.94. The smallest absolute Gasteiger partial charge is 0.257 e. The van der Waals surface area contributed by atoms with Gasteiger partial charge in [-0.15, -0.1) is 0 Å². The molecule has 0 N–H and O–H groups in total. The number of carbonyl (C=O) groups is 1. The van der Waals surface area contributed by atoms with Crippen LogP contribution < -0.4 is 0 Å². The molecule has 4 heteroatoms. The largest absolute Gasteiger partial charge is 0.472 e. The standard InChI is InChI=1S/C19H29NO3/c1-3-11-20(18(21)15-8-12-22-14-15)16-13-17(23-4-2)19(16)9-6-5-7-10-19/h8,12,14,16-17H,3-7,9-11,13H2,1-2H3/t16-,17+/m0/s1. The highest BCUT2D eigenvalue weighted by atomic mass is 16.5. The third kappa shape index (κ3) is 2.93. The number of nitrogens with zero attached hydrogens (tertiary/aromatic N) is 1. The predicted octanol–water partition coefficient (Wildman–Crippen LogP) is 4.26. The molecule has 1 heterocycles. The molecule has 0 aliphatic heterocycles. The lowest BCUT2D eigenvalue weighted by molar-refractivity contribution is -0.174. The first-order valence-corrected chi connectivity index (χ1v) is 9.17. The van der Waals surface area contributed by atoms with E-state index in [-0.39, 0.29) is 11.3 Å². The lowest BCUT2D eigenvalue weighted by Gasteiger charge is -2.60. The SMILES string of the molecule is CCCN(C(=O)c1ccoc1)[C@H]1C[C@@H](OCC)C12CCCCC2. The Labute approximate surface area is 139 Å². The summed E-state index contributed by atoms with van der Waals surface area (Å²) in [4.78, 5) is 15.0. The summed E-state index contributed by atoms with van der Waals surface area (Å²) in [5.41, 5.74) is 0.854. The molecule has 2 aliphatic carbocycles. The number of furan rings is 1. The van der Waals surface area contributed by atoms with E-state index < -0.39 is 0 Å². The van der Waals surface area contributed by atoms with Gasteiger partial charge in [0.25, 0.3) is 5.91 Å². The average molecular weight is 319 g/mol. The zero-order valence-corrected chi connectivity index (χ0v) is 14.4. The van der Waals surface area contributed by atoms with E-state index in [1.54, 1.807) is 18.6 Å². The lowest BCUT2D eigenvalue weighted by atomic mass is 9.54. The number of amides is 1. The molecule has 2 atom stereocenters. The van der Waals surface area contributed by atoms with Crippen LogP contribution >= 0.6 is 0 Å². The molecule has 1 aromatic rings. The number of hydrogen-bond acceptors (Lipinski definition) is 3. The molecule has 0 bridgehead atoms. The molecule has 23 heavy (non-hydrogen) atoms. The maximum Gasteiger partial charge on any atom is 0.257 e. The van der Waals surface area contributed by atoms with Crippen LogP contribution in [0.25, 0.3) is 0 Å². The van der Waals surface area contributed by atoms with Gasteiger partial charge in [-0.1, -0.05) is 26.2 Å². The van der Waals surface area contributed by atoms with Crippen molar-refractivity contribution in [1.29, 1.82) is 0 Å². The van der Waals surface area contributed by atoms with E-state index in [1.165, 1.54) is 32.1 Å². The Bertz CT molecular complexity index is 505. The van der Waals surface area contributed by atoms with Gasteiger partial charge in [0.2, 0.25) is 0 Å². The van der Waals surface area contributed by atoms with Crippen molar-refractivity contribution in [1.82, 2.24) is 4.90 Å². The van der Waals surface area contributed by atoms with Crippen LogP contribution in [0.1, 0.15) is 69.2 Å². The van der Waals surface area contributed by atoms with Gasteiger partial charge in [-0.2, -0.15) is 0 Å². The van der Waals surface area contributed by atoms with E-state index in [1.807, 2.05) is 0 Å². The molecule has 2 aliphatic rings. The van der Waals surface area contributed by atoms with E-state index >= 15 is 0 Å². The zero-order valence-electron chi connectivity index (χ0n) is 14.4. The maximum atomic E-state index is 12.9.